The fourth-order valence-electron chi connectivity index (χ4n) is 3.40. The third-order valence-corrected chi connectivity index (χ3v) is 4.85. The molecule has 0 bridgehead atoms. The van der Waals surface area contributed by atoms with Gasteiger partial charge in [0.25, 0.3) is 11.1 Å². The molecule has 0 unspecified atom stereocenters. The number of hydrogen-bond donors (Lipinski definition) is 1. The van der Waals surface area contributed by atoms with Crippen LogP contribution in [0.4, 0.5) is 0 Å². The lowest BCUT2D eigenvalue weighted by Gasteiger charge is -2.12. The van der Waals surface area contributed by atoms with Crippen LogP contribution in [0.25, 0.3) is 16.5 Å². The quantitative estimate of drug-likeness (QED) is 0.560. The van der Waals surface area contributed by atoms with Gasteiger partial charge in [-0.1, -0.05) is 54.6 Å². The standard InChI is InChI=1S/C23H18N2O3/c1-15-8-2-4-10-17(15)21(26)14-16-9-3-7-13-20(16)25-23(28)19-12-6-5-11-18(19)22(27)24-25/h2-13H,14H2,1H3,(H,24,27). The summed E-state index contributed by atoms with van der Waals surface area (Å²) >= 11 is 0. The third kappa shape index (κ3) is 3.07. The van der Waals surface area contributed by atoms with E-state index in [0.29, 0.717) is 27.6 Å². The summed E-state index contributed by atoms with van der Waals surface area (Å²) in [5.41, 5.74) is 2.04. The van der Waals surface area contributed by atoms with Crippen LogP contribution in [-0.2, 0) is 6.42 Å². The van der Waals surface area contributed by atoms with Gasteiger partial charge in [0.05, 0.1) is 16.5 Å². The van der Waals surface area contributed by atoms with Gasteiger partial charge in [0.2, 0.25) is 0 Å². The number of rotatable bonds is 4. The molecule has 0 atom stereocenters. The van der Waals surface area contributed by atoms with Crippen LogP contribution in [0.3, 0.4) is 0 Å². The maximum atomic E-state index is 13.0. The van der Waals surface area contributed by atoms with Crippen LogP contribution in [0.15, 0.2) is 82.4 Å². The number of aromatic nitrogens is 2. The Bertz CT molecular complexity index is 1320. The summed E-state index contributed by atoms with van der Waals surface area (Å²) in [4.78, 5) is 38.2. The van der Waals surface area contributed by atoms with Crippen molar-refractivity contribution in [3.05, 3.63) is 110 Å². The molecule has 4 rings (SSSR count). The van der Waals surface area contributed by atoms with Crippen LogP contribution in [0.2, 0.25) is 0 Å². The van der Waals surface area contributed by atoms with Crippen molar-refractivity contribution in [3.8, 4) is 5.69 Å². The Kier molecular flexibility index (Phi) is 4.49. The van der Waals surface area contributed by atoms with Crippen LogP contribution in [0.1, 0.15) is 21.5 Å². The second-order valence-corrected chi connectivity index (χ2v) is 6.67. The molecule has 0 aliphatic carbocycles. The molecule has 0 radical (unpaired) electrons. The molecular weight excluding hydrogens is 352 g/mol. The molecule has 0 aliphatic heterocycles. The number of H-pyrrole nitrogens is 1. The van der Waals surface area contributed by atoms with Crippen molar-refractivity contribution >= 4 is 16.6 Å². The van der Waals surface area contributed by atoms with Gasteiger partial charge < -0.3 is 0 Å². The van der Waals surface area contributed by atoms with E-state index in [1.54, 1.807) is 48.5 Å². The zero-order chi connectivity index (χ0) is 19.7. The zero-order valence-corrected chi connectivity index (χ0v) is 15.3. The van der Waals surface area contributed by atoms with Gasteiger partial charge in [-0.3, -0.25) is 19.5 Å². The highest BCUT2D eigenvalue weighted by Gasteiger charge is 2.15. The number of hydrogen-bond acceptors (Lipinski definition) is 3. The van der Waals surface area contributed by atoms with Crippen LogP contribution in [0.5, 0.6) is 0 Å². The Morgan fingerprint density at radius 2 is 1.50 bits per heavy atom. The molecule has 1 N–H and O–H groups in total. The molecule has 5 heteroatoms. The van der Waals surface area contributed by atoms with Crippen LogP contribution >= 0.6 is 0 Å². The lowest BCUT2D eigenvalue weighted by atomic mass is 9.98. The molecular formula is C23H18N2O3. The summed E-state index contributed by atoms with van der Waals surface area (Å²) < 4.78 is 1.23. The van der Waals surface area contributed by atoms with E-state index in [0.717, 1.165) is 5.56 Å². The predicted molar refractivity (Wildman–Crippen MR) is 109 cm³/mol. The Morgan fingerprint density at radius 1 is 0.857 bits per heavy atom. The zero-order valence-electron chi connectivity index (χ0n) is 15.3. The van der Waals surface area contributed by atoms with E-state index in [1.165, 1.54) is 4.68 Å². The minimum absolute atomic E-state index is 0.0401. The normalized spacial score (nSPS) is 10.9. The molecule has 5 nitrogen and oxygen atoms in total. The predicted octanol–water partition coefficient (Wildman–Crippen LogP) is 3.41. The maximum absolute atomic E-state index is 13.0. The van der Waals surface area contributed by atoms with Crippen molar-refractivity contribution in [2.75, 3.05) is 0 Å². The molecule has 28 heavy (non-hydrogen) atoms. The van der Waals surface area contributed by atoms with Crippen LogP contribution in [-0.4, -0.2) is 15.6 Å². The molecule has 0 saturated heterocycles. The summed E-state index contributed by atoms with van der Waals surface area (Å²) in [6.07, 6.45) is 0.127. The highest BCUT2D eigenvalue weighted by atomic mass is 16.2. The second kappa shape index (κ2) is 7.12. The molecule has 1 heterocycles. The van der Waals surface area contributed by atoms with Gasteiger partial charge in [-0.25, -0.2) is 4.68 Å². The van der Waals surface area contributed by atoms with E-state index in [1.807, 2.05) is 31.2 Å². The van der Waals surface area contributed by atoms with Crippen molar-refractivity contribution in [1.29, 1.82) is 0 Å². The van der Waals surface area contributed by atoms with Gasteiger partial charge in [-0.05, 0) is 36.2 Å². The number of carbonyl (C=O) groups excluding carboxylic acids is 1. The highest BCUT2D eigenvalue weighted by Crippen LogP contribution is 2.17. The van der Waals surface area contributed by atoms with Crippen molar-refractivity contribution in [1.82, 2.24) is 9.78 Å². The SMILES string of the molecule is Cc1ccccc1C(=O)Cc1ccccc1-n1[nH]c(=O)c2ccccc2c1=O. The smallest absolute Gasteiger partial charge is 0.277 e. The summed E-state index contributed by atoms with van der Waals surface area (Å²) in [6, 6.07) is 21.2. The second-order valence-electron chi connectivity index (χ2n) is 6.67. The Balaban J connectivity index is 1.84. The van der Waals surface area contributed by atoms with Gasteiger partial charge in [0.15, 0.2) is 5.78 Å². The van der Waals surface area contributed by atoms with E-state index < -0.39 is 0 Å². The average molecular weight is 370 g/mol. The van der Waals surface area contributed by atoms with Gasteiger partial charge >= 0.3 is 0 Å². The first-order chi connectivity index (χ1) is 13.6. The maximum Gasteiger partial charge on any atom is 0.277 e. The molecule has 0 amide bonds. The summed E-state index contributed by atoms with van der Waals surface area (Å²) in [5, 5.41) is 3.32. The number of aromatic amines is 1. The van der Waals surface area contributed by atoms with Crippen LogP contribution in [0, 0.1) is 6.92 Å². The van der Waals surface area contributed by atoms with Crippen molar-refractivity contribution in [2.45, 2.75) is 13.3 Å². The molecule has 3 aromatic carbocycles. The third-order valence-electron chi connectivity index (χ3n) is 4.85. The summed E-state index contributed by atoms with van der Waals surface area (Å²) in [6.45, 7) is 1.89. The molecule has 0 aliphatic rings. The molecule has 0 spiro atoms. The lowest BCUT2D eigenvalue weighted by Crippen LogP contribution is -2.29. The Labute approximate surface area is 160 Å². The Hall–Kier alpha value is -3.73. The van der Waals surface area contributed by atoms with Crippen molar-refractivity contribution in [3.63, 3.8) is 0 Å². The van der Waals surface area contributed by atoms with Gasteiger partial charge in [0.1, 0.15) is 0 Å². The first-order valence-corrected chi connectivity index (χ1v) is 8.97. The minimum Gasteiger partial charge on any atom is -0.294 e. The number of ketones is 1. The fourth-order valence-corrected chi connectivity index (χ4v) is 3.40. The molecule has 138 valence electrons. The average Bonchev–Trinajstić information content (AvgIpc) is 2.71. The largest absolute Gasteiger partial charge is 0.294 e. The highest BCUT2D eigenvalue weighted by molar-refractivity contribution is 5.99. The number of nitrogens with zero attached hydrogens (tertiary/aromatic N) is 1. The van der Waals surface area contributed by atoms with Gasteiger partial charge in [-0.15, -0.1) is 0 Å². The van der Waals surface area contributed by atoms with Crippen molar-refractivity contribution in [2.24, 2.45) is 0 Å². The molecule has 1 aromatic heterocycles. The van der Waals surface area contributed by atoms with Gasteiger partial charge in [0, 0.05) is 12.0 Å². The summed E-state index contributed by atoms with van der Waals surface area (Å²) in [5.74, 6) is -0.0401. The first kappa shape index (κ1) is 17.7. The molecule has 4 aromatic rings. The molecule has 0 fully saturated rings. The fraction of sp³-hybridized carbons (Fsp3) is 0.0870. The van der Waals surface area contributed by atoms with E-state index in [2.05, 4.69) is 5.10 Å². The first-order valence-electron chi connectivity index (χ1n) is 8.97. The van der Waals surface area contributed by atoms with E-state index in [4.69, 9.17) is 0 Å². The van der Waals surface area contributed by atoms with Gasteiger partial charge in [-0.2, -0.15) is 0 Å². The monoisotopic (exact) mass is 370 g/mol. The lowest BCUT2D eigenvalue weighted by molar-refractivity contribution is 0.0992. The molecule has 0 saturated carbocycles. The number of benzene rings is 3. The summed E-state index contributed by atoms with van der Waals surface area (Å²) in [7, 11) is 0. The number of fused-ring (bicyclic) bond motifs is 1. The minimum atomic E-state index is -0.352. The number of para-hydroxylation sites is 1. The Morgan fingerprint density at radius 3 is 2.29 bits per heavy atom. The van der Waals surface area contributed by atoms with Crippen LogP contribution < -0.4 is 11.1 Å². The van der Waals surface area contributed by atoms with E-state index in [9.17, 15) is 14.4 Å². The van der Waals surface area contributed by atoms with E-state index >= 15 is 0 Å². The number of nitrogens with one attached hydrogen (secondary N) is 1. The number of aryl methyl sites for hydroxylation is 1. The van der Waals surface area contributed by atoms with E-state index in [-0.39, 0.29) is 23.3 Å². The number of Topliss-reactive ketones (excluding diaryl/α,β-unsaturated/α-hetero) is 1. The van der Waals surface area contributed by atoms with Crippen molar-refractivity contribution < 1.29 is 4.79 Å². The topological polar surface area (TPSA) is 71.9 Å². The number of carbonyl (C=O) groups is 1.